The van der Waals surface area contributed by atoms with Gasteiger partial charge in [-0.1, -0.05) is 6.92 Å². The summed E-state index contributed by atoms with van der Waals surface area (Å²) in [5.74, 6) is 0. The predicted octanol–water partition coefficient (Wildman–Crippen LogP) is -0.194. The second-order valence-electron chi connectivity index (χ2n) is 1.16. The standard InChI is InChI=1S/C4H8O3/c1-2-3(5)4(6)7/h3,5-7H,1-2H2. The highest BCUT2D eigenvalue weighted by atomic mass is 16.5. The monoisotopic (exact) mass is 104 g/mol. The summed E-state index contributed by atoms with van der Waals surface area (Å²) in [6, 6.07) is 0. The second kappa shape index (κ2) is 2.96. The average molecular weight is 104 g/mol. The Morgan fingerprint density at radius 2 is 2.00 bits per heavy atom. The van der Waals surface area contributed by atoms with E-state index in [4.69, 9.17) is 15.3 Å². The van der Waals surface area contributed by atoms with Gasteiger partial charge in [0.25, 0.3) is 0 Å². The maximum absolute atomic E-state index is 8.34. The lowest BCUT2D eigenvalue weighted by molar-refractivity contribution is -0.0200. The Hall–Kier alpha value is -0.120. The van der Waals surface area contributed by atoms with Crippen molar-refractivity contribution >= 4 is 0 Å². The fraction of sp³-hybridized carbons (Fsp3) is 0.500. The molecular formula is C4H8O3. The summed E-state index contributed by atoms with van der Waals surface area (Å²) < 4.78 is 0. The molecule has 3 N–H and O–H groups in total. The highest BCUT2D eigenvalue weighted by Crippen LogP contribution is 1.98. The van der Waals surface area contributed by atoms with Gasteiger partial charge in [-0.05, 0) is 6.42 Å². The van der Waals surface area contributed by atoms with Crippen LogP contribution in [-0.4, -0.2) is 21.4 Å². The van der Waals surface area contributed by atoms with Crippen molar-refractivity contribution in [2.45, 2.75) is 12.5 Å². The smallest absolute Gasteiger partial charge is 0.248 e. The normalized spacial score (nSPS) is 15.0. The van der Waals surface area contributed by atoms with Crippen molar-refractivity contribution in [1.29, 1.82) is 0 Å². The van der Waals surface area contributed by atoms with Crippen molar-refractivity contribution < 1.29 is 15.3 Å². The van der Waals surface area contributed by atoms with Crippen LogP contribution in [0, 0.1) is 13.2 Å². The minimum Gasteiger partial charge on any atom is -0.387 e. The first-order valence-corrected chi connectivity index (χ1v) is 1.90. The van der Waals surface area contributed by atoms with Gasteiger partial charge in [0, 0.05) is 0 Å². The number of rotatable bonds is 2. The topological polar surface area (TPSA) is 60.7 Å². The molecule has 0 aromatic carbocycles. The van der Waals surface area contributed by atoms with E-state index in [0.29, 0.717) is 0 Å². The summed E-state index contributed by atoms with van der Waals surface area (Å²) in [6.07, 6.45) is -2.06. The Labute approximate surface area is 42.2 Å². The molecule has 1 atom stereocenters. The molecule has 0 aliphatic heterocycles. The molecule has 0 spiro atoms. The third-order valence-corrected chi connectivity index (χ3v) is 0.571. The number of hydrogen-bond donors (Lipinski definition) is 3. The van der Waals surface area contributed by atoms with Crippen molar-refractivity contribution in [2.24, 2.45) is 0 Å². The summed E-state index contributed by atoms with van der Waals surface area (Å²) in [7, 11) is 0. The molecular weight excluding hydrogens is 96.0 g/mol. The van der Waals surface area contributed by atoms with Gasteiger partial charge in [-0.2, -0.15) is 0 Å². The molecule has 0 aliphatic carbocycles. The van der Waals surface area contributed by atoms with E-state index in [1.807, 2.05) is 0 Å². The van der Waals surface area contributed by atoms with E-state index in [0.717, 1.165) is 0 Å². The highest BCUT2D eigenvalue weighted by Gasteiger charge is 2.10. The quantitative estimate of drug-likeness (QED) is 0.455. The Bertz CT molecular complexity index is 44.2. The molecule has 0 saturated heterocycles. The van der Waals surface area contributed by atoms with Crippen molar-refractivity contribution in [3.05, 3.63) is 13.2 Å². The molecule has 0 rings (SSSR count). The molecule has 42 valence electrons. The van der Waals surface area contributed by atoms with Gasteiger partial charge in [0.15, 0.2) is 0 Å². The molecule has 0 aromatic heterocycles. The SMILES string of the molecule is [CH2]CC(O)[C](O)O. The Kier molecular flexibility index (Phi) is 2.91. The third-order valence-electron chi connectivity index (χ3n) is 0.571. The van der Waals surface area contributed by atoms with Gasteiger partial charge in [-0.15, -0.1) is 0 Å². The van der Waals surface area contributed by atoms with E-state index in [9.17, 15) is 0 Å². The molecule has 0 aromatic rings. The summed E-state index contributed by atoms with van der Waals surface area (Å²) in [5.41, 5.74) is 0. The van der Waals surface area contributed by atoms with Crippen molar-refractivity contribution in [1.82, 2.24) is 0 Å². The van der Waals surface area contributed by atoms with Crippen LogP contribution in [0.25, 0.3) is 0 Å². The van der Waals surface area contributed by atoms with Gasteiger partial charge >= 0.3 is 0 Å². The zero-order valence-electron chi connectivity index (χ0n) is 3.83. The zero-order chi connectivity index (χ0) is 5.86. The summed E-state index contributed by atoms with van der Waals surface area (Å²) in [6.45, 7) is 3.22. The molecule has 3 nitrogen and oxygen atoms in total. The molecule has 7 heavy (non-hydrogen) atoms. The second-order valence-corrected chi connectivity index (χ2v) is 1.16. The lowest BCUT2D eigenvalue weighted by atomic mass is 10.3. The van der Waals surface area contributed by atoms with Gasteiger partial charge in [0.05, 0.1) is 0 Å². The van der Waals surface area contributed by atoms with E-state index in [-0.39, 0.29) is 6.42 Å². The van der Waals surface area contributed by atoms with Crippen LogP contribution in [0.2, 0.25) is 0 Å². The largest absolute Gasteiger partial charge is 0.387 e. The number of aliphatic hydroxyl groups excluding tert-OH is 2. The molecule has 0 saturated carbocycles. The number of aliphatic hydroxyl groups is 3. The van der Waals surface area contributed by atoms with E-state index in [1.165, 1.54) is 0 Å². The lowest BCUT2D eigenvalue weighted by Gasteiger charge is -2.05. The fourth-order valence-corrected chi connectivity index (χ4v) is 0.129. The van der Waals surface area contributed by atoms with Crippen LogP contribution in [0.1, 0.15) is 6.42 Å². The van der Waals surface area contributed by atoms with Crippen LogP contribution in [0.15, 0.2) is 0 Å². The molecule has 0 fully saturated rings. The summed E-state index contributed by atoms with van der Waals surface area (Å²) in [5, 5.41) is 24.3. The minimum atomic E-state index is -1.18. The van der Waals surface area contributed by atoms with Crippen LogP contribution in [0.4, 0.5) is 0 Å². The first-order valence-electron chi connectivity index (χ1n) is 1.90. The average Bonchev–Trinajstić information content (AvgIpc) is 1.65. The fourth-order valence-electron chi connectivity index (χ4n) is 0.129. The maximum atomic E-state index is 8.34. The molecule has 0 heterocycles. The van der Waals surface area contributed by atoms with Crippen LogP contribution in [0.3, 0.4) is 0 Å². The molecule has 1 unspecified atom stereocenters. The van der Waals surface area contributed by atoms with E-state index >= 15 is 0 Å². The van der Waals surface area contributed by atoms with Crippen LogP contribution in [-0.2, 0) is 0 Å². The Morgan fingerprint density at radius 3 is 2.00 bits per heavy atom. The molecule has 0 bridgehead atoms. The van der Waals surface area contributed by atoms with Crippen molar-refractivity contribution in [2.75, 3.05) is 0 Å². The van der Waals surface area contributed by atoms with Gasteiger partial charge in [-0.3, -0.25) is 0 Å². The Balaban J connectivity index is 3.14. The maximum Gasteiger partial charge on any atom is 0.248 e. The summed E-state index contributed by atoms with van der Waals surface area (Å²) in [4.78, 5) is 0. The number of hydrogen-bond acceptors (Lipinski definition) is 3. The third kappa shape index (κ3) is 2.56. The van der Waals surface area contributed by atoms with Crippen LogP contribution < -0.4 is 0 Å². The molecule has 2 radical (unpaired) electrons. The highest BCUT2D eigenvalue weighted by molar-refractivity contribution is 4.71. The van der Waals surface area contributed by atoms with E-state index in [1.54, 1.807) is 0 Å². The first-order chi connectivity index (χ1) is 3.18. The van der Waals surface area contributed by atoms with Crippen LogP contribution in [0.5, 0.6) is 0 Å². The van der Waals surface area contributed by atoms with Gasteiger partial charge in [0.2, 0.25) is 6.29 Å². The van der Waals surface area contributed by atoms with Gasteiger partial charge in [-0.25, -0.2) is 0 Å². The first kappa shape index (κ1) is 6.88. The molecule has 0 aliphatic rings. The molecule has 0 amide bonds. The van der Waals surface area contributed by atoms with Gasteiger partial charge in [0.1, 0.15) is 6.10 Å². The van der Waals surface area contributed by atoms with Crippen LogP contribution >= 0.6 is 0 Å². The van der Waals surface area contributed by atoms with E-state index < -0.39 is 12.4 Å². The Morgan fingerprint density at radius 1 is 1.57 bits per heavy atom. The van der Waals surface area contributed by atoms with Crippen molar-refractivity contribution in [3.8, 4) is 0 Å². The minimum absolute atomic E-state index is 0.0856. The van der Waals surface area contributed by atoms with Crippen molar-refractivity contribution in [3.63, 3.8) is 0 Å². The predicted molar refractivity (Wildman–Crippen MR) is 23.1 cm³/mol. The van der Waals surface area contributed by atoms with E-state index in [2.05, 4.69) is 6.92 Å². The molecule has 3 heteroatoms. The zero-order valence-corrected chi connectivity index (χ0v) is 3.83. The summed E-state index contributed by atoms with van der Waals surface area (Å²) >= 11 is 0. The van der Waals surface area contributed by atoms with Gasteiger partial charge < -0.3 is 15.3 Å². The lowest BCUT2D eigenvalue weighted by Crippen LogP contribution is -2.15.